The van der Waals surface area contributed by atoms with Crippen molar-refractivity contribution in [2.75, 3.05) is 13.2 Å². The van der Waals surface area contributed by atoms with Crippen molar-refractivity contribution in [3.05, 3.63) is 34.3 Å². The molecular formula is C14H17BrClN3O2. The lowest BCUT2D eigenvalue weighted by Crippen LogP contribution is -3.00. The van der Waals surface area contributed by atoms with Gasteiger partial charge in [0.2, 0.25) is 6.54 Å². The summed E-state index contributed by atoms with van der Waals surface area (Å²) in [6, 6.07) is 5.41. The number of hydrogen-bond donors (Lipinski definition) is 1. The average molecular weight is 375 g/mol. The molecule has 0 fully saturated rings. The molecule has 1 atom stereocenters. The number of nitrogens with zero attached hydrogens (tertiary/aromatic N) is 2. The fraction of sp³-hybridized carbons (Fsp3) is 0.357. The predicted molar refractivity (Wildman–Crippen MR) is 78.4 cm³/mol. The number of halogens is 2. The van der Waals surface area contributed by atoms with E-state index in [0.29, 0.717) is 11.6 Å². The first-order valence-corrected chi connectivity index (χ1v) is 6.71. The number of benzene rings is 1. The van der Waals surface area contributed by atoms with Crippen molar-refractivity contribution in [1.29, 1.82) is 0 Å². The highest BCUT2D eigenvalue weighted by Crippen LogP contribution is 2.28. The number of carbonyl (C=O) groups is 1. The molecule has 21 heavy (non-hydrogen) atoms. The van der Waals surface area contributed by atoms with Crippen molar-refractivity contribution in [3.8, 4) is 0 Å². The molecule has 114 valence electrons. The number of rotatable bonds is 4. The van der Waals surface area contributed by atoms with Crippen molar-refractivity contribution >= 4 is 30.0 Å². The van der Waals surface area contributed by atoms with Gasteiger partial charge in [0.1, 0.15) is 0 Å². The van der Waals surface area contributed by atoms with E-state index in [-0.39, 0.29) is 29.5 Å². The van der Waals surface area contributed by atoms with Crippen molar-refractivity contribution < 1.29 is 31.1 Å². The van der Waals surface area contributed by atoms with E-state index in [1.807, 2.05) is 19.1 Å². The molecule has 1 aliphatic rings. The van der Waals surface area contributed by atoms with Gasteiger partial charge in [-0.25, -0.2) is 10.5 Å². The molecule has 0 amide bonds. The number of hydrogen-bond acceptors (Lipinski definition) is 4. The lowest BCUT2D eigenvalue weighted by atomic mass is 10.0. The Morgan fingerprint density at radius 2 is 2.24 bits per heavy atom. The summed E-state index contributed by atoms with van der Waals surface area (Å²) in [6.07, 6.45) is 3.28. The van der Waals surface area contributed by atoms with Crippen LogP contribution in [0.25, 0.3) is 0 Å². The number of carbonyl (C=O) groups excluding carboxylic acids is 1. The van der Waals surface area contributed by atoms with Crippen LogP contribution < -0.4 is 22.7 Å². The first-order valence-electron chi connectivity index (χ1n) is 6.34. The molecule has 1 unspecified atom stereocenters. The summed E-state index contributed by atoms with van der Waals surface area (Å²) in [6.45, 7) is 4.06. The van der Waals surface area contributed by atoms with Gasteiger partial charge in [0.25, 0.3) is 0 Å². The Morgan fingerprint density at radius 3 is 2.86 bits per heavy atom. The molecule has 0 bridgehead atoms. The smallest absolute Gasteiger partial charge is 0.372 e. The molecule has 0 radical (unpaired) electrons. The fourth-order valence-electron chi connectivity index (χ4n) is 2.20. The minimum atomic E-state index is -1.10. The molecule has 1 aromatic rings. The van der Waals surface area contributed by atoms with Crippen LogP contribution in [-0.2, 0) is 15.3 Å². The van der Waals surface area contributed by atoms with Gasteiger partial charge < -0.3 is 21.7 Å². The molecular weight excluding hydrogens is 358 g/mol. The van der Waals surface area contributed by atoms with Gasteiger partial charge in [-0.1, -0.05) is 11.6 Å². The van der Waals surface area contributed by atoms with Crippen LogP contribution in [-0.4, -0.2) is 36.1 Å². The zero-order chi connectivity index (χ0) is 14.8. The summed E-state index contributed by atoms with van der Waals surface area (Å²) in [4.78, 5) is 15.9. The van der Waals surface area contributed by atoms with E-state index < -0.39 is 5.79 Å². The minimum Gasteiger partial charge on any atom is -1.00 e. The minimum absolute atomic E-state index is 0. The lowest BCUT2D eigenvalue weighted by molar-refractivity contribution is -0.599. The van der Waals surface area contributed by atoms with Crippen molar-refractivity contribution in [1.82, 2.24) is 0 Å². The average Bonchev–Trinajstić information content (AvgIpc) is 2.71. The maximum absolute atomic E-state index is 11.6. The molecule has 1 heterocycles. The molecule has 0 saturated carbocycles. The van der Waals surface area contributed by atoms with Crippen LogP contribution in [0, 0.1) is 6.92 Å². The number of aliphatic imine (C=N–C) groups is 1. The third-order valence-corrected chi connectivity index (χ3v) is 3.38. The highest BCUT2D eigenvalue weighted by Gasteiger charge is 2.43. The van der Waals surface area contributed by atoms with Gasteiger partial charge in [0.05, 0.1) is 18.4 Å². The van der Waals surface area contributed by atoms with Crippen LogP contribution in [0.15, 0.2) is 23.2 Å². The third-order valence-electron chi connectivity index (χ3n) is 3.15. The second-order valence-electron chi connectivity index (χ2n) is 4.55. The molecule has 0 spiro atoms. The van der Waals surface area contributed by atoms with Crippen LogP contribution in [0.3, 0.4) is 0 Å². The molecule has 1 aromatic carbocycles. The van der Waals surface area contributed by atoms with Crippen LogP contribution in [0.5, 0.6) is 0 Å². The maximum atomic E-state index is 11.6. The summed E-state index contributed by atoms with van der Waals surface area (Å²) in [5.74, 6) is -1.43. The quantitative estimate of drug-likeness (QED) is 0.513. The van der Waals surface area contributed by atoms with Gasteiger partial charge in [-0.05, 0) is 37.6 Å². The van der Waals surface area contributed by atoms with Crippen LogP contribution in [0.1, 0.15) is 18.1 Å². The molecule has 5 nitrogen and oxygen atoms in total. The van der Waals surface area contributed by atoms with Gasteiger partial charge >= 0.3 is 11.8 Å². The van der Waals surface area contributed by atoms with Crippen molar-refractivity contribution in [2.45, 2.75) is 19.6 Å². The number of esters is 1. The van der Waals surface area contributed by atoms with E-state index in [4.69, 9.17) is 22.1 Å². The summed E-state index contributed by atoms with van der Waals surface area (Å²) in [7, 11) is 0. The molecule has 1 aliphatic heterocycles. The van der Waals surface area contributed by atoms with Crippen LogP contribution in [0.2, 0.25) is 5.02 Å². The van der Waals surface area contributed by atoms with Crippen LogP contribution >= 0.6 is 11.6 Å². The molecule has 0 saturated heterocycles. The molecule has 7 heteroatoms. The fourth-order valence-corrected chi connectivity index (χ4v) is 2.43. The Balaban J connectivity index is 0.00000220. The van der Waals surface area contributed by atoms with Gasteiger partial charge in [0, 0.05) is 5.02 Å². The van der Waals surface area contributed by atoms with E-state index in [1.165, 1.54) is 0 Å². The number of aryl methyl sites for hydroxylation is 1. The van der Waals surface area contributed by atoms with Gasteiger partial charge in [0.15, 0.2) is 6.21 Å². The zero-order valence-electron chi connectivity index (χ0n) is 11.8. The highest BCUT2D eigenvalue weighted by molar-refractivity contribution is 6.30. The third kappa shape index (κ3) is 3.70. The summed E-state index contributed by atoms with van der Waals surface area (Å²) >= 11 is 5.96. The van der Waals surface area contributed by atoms with E-state index in [1.54, 1.807) is 30.0 Å². The van der Waals surface area contributed by atoms with Gasteiger partial charge in [-0.3, -0.25) is 0 Å². The van der Waals surface area contributed by atoms with E-state index in [2.05, 4.69) is 4.99 Å². The van der Waals surface area contributed by atoms with E-state index >= 15 is 0 Å². The topological polar surface area (TPSA) is 67.7 Å². The van der Waals surface area contributed by atoms with Crippen molar-refractivity contribution in [2.24, 2.45) is 10.7 Å². The summed E-state index contributed by atoms with van der Waals surface area (Å²) < 4.78 is 6.60. The first-order chi connectivity index (χ1) is 9.47. The van der Waals surface area contributed by atoms with Crippen molar-refractivity contribution in [3.63, 3.8) is 0 Å². The van der Waals surface area contributed by atoms with Gasteiger partial charge in [-0.2, -0.15) is 9.57 Å². The van der Waals surface area contributed by atoms with E-state index in [9.17, 15) is 4.79 Å². The molecule has 0 aromatic heterocycles. The molecule has 2 N–H and O–H groups in total. The zero-order valence-corrected chi connectivity index (χ0v) is 14.2. The second kappa shape index (κ2) is 7.15. The predicted octanol–water partition coefficient (Wildman–Crippen LogP) is -1.55. The monoisotopic (exact) mass is 373 g/mol. The Morgan fingerprint density at radius 1 is 1.52 bits per heavy atom. The second-order valence-corrected chi connectivity index (χ2v) is 4.98. The Kier molecular flexibility index (Phi) is 6.07. The van der Waals surface area contributed by atoms with Crippen LogP contribution in [0.4, 0.5) is 0 Å². The summed E-state index contributed by atoms with van der Waals surface area (Å²) in [5.41, 5.74) is 8.09. The summed E-state index contributed by atoms with van der Waals surface area (Å²) in [5, 5.41) is 0.637. The SMILES string of the molecule is CCOC(=O)C[N+]1=CC=NC1(N)c1ccc(Cl)cc1C.[Br-]. The normalized spacial score (nSPS) is 19.9. The molecule has 2 rings (SSSR count). The maximum Gasteiger partial charge on any atom is 0.372 e. The highest BCUT2D eigenvalue weighted by atomic mass is 79.9. The lowest BCUT2D eigenvalue weighted by Gasteiger charge is -2.21. The van der Waals surface area contributed by atoms with Gasteiger partial charge in [-0.15, -0.1) is 0 Å². The largest absolute Gasteiger partial charge is 1.00 e. The Hall–Kier alpha value is -1.24. The molecule has 0 aliphatic carbocycles. The first kappa shape index (κ1) is 17.8. The number of ether oxygens (including phenoxy) is 1. The Labute approximate surface area is 139 Å². The standard InChI is InChI=1S/C14H17ClN3O2.BrH/c1-3-20-13(19)9-18-7-6-17-14(18,16)12-5-4-11(15)8-10(12)2;/h4-8H,3,9,16H2,1-2H3;1H/q+1;/p-1. The Bertz CT molecular complexity index is 604. The number of nitrogens with two attached hydrogens (primary N) is 1. The van der Waals surface area contributed by atoms with E-state index in [0.717, 1.165) is 11.1 Å².